The van der Waals surface area contributed by atoms with Crippen molar-refractivity contribution in [1.29, 1.82) is 0 Å². The molecule has 1 aliphatic heterocycles. The summed E-state index contributed by atoms with van der Waals surface area (Å²) < 4.78 is 38.3. The highest BCUT2D eigenvalue weighted by atomic mass is 31.2. The number of carbonyl (C=O) groups is 2. The molecule has 1 rings (SSSR count). The van der Waals surface area contributed by atoms with Crippen LogP contribution in [0.5, 0.6) is 0 Å². The van der Waals surface area contributed by atoms with E-state index in [1.165, 1.54) is 70.6 Å². The summed E-state index contributed by atoms with van der Waals surface area (Å²) in [5.74, 6) is -1.03. The summed E-state index contributed by atoms with van der Waals surface area (Å²) in [4.78, 5) is 35.0. The SMILES string of the molecule is CC/C=C\CC1OC1C/C=C\C/C=C\C/C=C\C/C=C\CCC(=O)O[C@H](COC(=O)CCCCCCCCCCCCCCCCC)COP(=O)(O)OC[C@@H](O)CO. The highest BCUT2D eigenvalue weighted by Gasteiger charge is 2.36. The number of epoxide rings is 1. The van der Waals surface area contributed by atoms with Gasteiger partial charge < -0.3 is 29.3 Å². The highest BCUT2D eigenvalue weighted by Crippen LogP contribution is 2.43. The van der Waals surface area contributed by atoms with Crippen molar-refractivity contribution in [2.24, 2.45) is 0 Å². The van der Waals surface area contributed by atoms with Crippen molar-refractivity contribution in [2.45, 2.75) is 192 Å². The van der Waals surface area contributed by atoms with Crippen LogP contribution in [0.15, 0.2) is 60.8 Å². The summed E-state index contributed by atoms with van der Waals surface area (Å²) in [6.07, 6.45) is 43.8. The molecule has 1 saturated heterocycles. The Labute approximate surface area is 351 Å². The predicted molar refractivity (Wildman–Crippen MR) is 232 cm³/mol. The van der Waals surface area contributed by atoms with Gasteiger partial charge in [-0.2, -0.15) is 0 Å². The third kappa shape index (κ3) is 34.5. The lowest BCUT2D eigenvalue weighted by atomic mass is 10.0. The van der Waals surface area contributed by atoms with Gasteiger partial charge in [-0.15, -0.1) is 0 Å². The molecule has 3 N–H and O–H groups in total. The van der Waals surface area contributed by atoms with E-state index in [4.69, 9.17) is 23.8 Å². The van der Waals surface area contributed by atoms with Gasteiger partial charge in [0.2, 0.25) is 0 Å². The molecule has 334 valence electrons. The van der Waals surface area contributed by atoms with Gasteiger partial charge in [0.1, 0.15) is 12.7 Å². The second-order valence-electron chi connectivity index (χ2n) is 15.1. The van der Waals surface area contributed by atoms with Gasteiger partial charge in [0.15, 0.2) is 6.10 Å². The maximum absolute atomic E-state index is 12.6. The standard InChI is InChI=1S/C46H79O11P/c1-3-5-7-8-9-10-11-12-13-14-18-21-24-27-31-35-45(49)53-39-42(40-55-58(51,52)54-38-41(48)37-47)56-46(50)36-32-28-25-22-19-16-15-17-20-23-26-30-34-44-43(57-44)33-29-6-4-2/h6,16-17,19-20,25-26,28-30,41-44,47-48H,3-5,7-15,18,21-24,27,31-40H2,1-2H3,(H,51,52)/b19-16-,20-17-,28-25-,29-6-,30-26-/t41-,42+,43?,44?/m0/s1. The lowest BCUT2D eigenvalue weighted by Gasteiger charge is -2.20. The molecule has 1 heterocycles. The fourth-order valence-corrected chi connectivity index (χ4v) is 6.85. The van der Waals surface area contributed by atoms with Gasteiger partial charge in [0.25, 0.3) is 0 Å². The van der Waals surface area contributed by atoms with Gasteiger partial charge in [-0.05, 0) is 51.4 Å². The van der Waals surface area contributed by atoms with Crippen LogP contribution in [0.4, 0.5) is 0 Å². The van der Waals surface area contributed by atoms with Crippen LogP contribution in [-0.2, 0) is 37.4 Å². The molecule has 0 radical (unpaired) electrons. The average Bonchev–Trinajstić information content (AvgIpc) is 3.97. The van der Waals surface area contributed by atoms with Gasteiger partial charge >= 0.3 is 19.8 Å². The Bertz CT molecular complexity index is 1210. The van der Waals surface area contributed by atoms with Crippen molar-refractivity contribution >= 4 is 19.8 Å². The molecule has 0 aromatic rings. The molecule has 12 heteroatoms. The minimum absolute atomic E-state index is 0.0550. The van der Waals surface area contributed by atoms with Gasteiger partial charge in [-0.25, -0.2) is 4.57 Å². The van der Waals surface area contributed by atoms with Crippen LogP contribution in [0.3, 0.4) is 0 Å². The van der Waals surface area contributed by atoms with E-state index in [-0.39, 0.29) is 19.4 Å². The number of hydrogen-bond acceptors (Lipinski definition) is 10. The predicted octanol–water partition coefficient (Wildman–Crippen LogP) is 10.9. The second-order valence-corrected chi connectivity index (χ2v) is 16.5. The van der Waals surface area contributed by atoms with Crippen molar-refractivity contribution in [3.8, 4) is 0 Å². The Kier molecular flexibility index (Phi) is 34.8. The van der Waals surface area contributed by atoms with Gasteiger partial charge in [0.05, 0.1) is 32.0 Å². The Morgan fingerprint density at radius 3 is 1.64 bits per heavy atom. The van der Waals surface area contributed by atoms with Crippen LogP contribution < -0.4 is 0 Å². The fourth-order valence-electron chi connectivity index (χ4n) is 6.06. The van der Waals surface area contributed by atoms with Crippen molar-refractivity contribution in [3.63, 3.8) is 0 Å². The number of esters is 2. The van der Waals surface area contributed by atoms with Crippen LogP contribution in [0.25, 0.3) is 0 Å². The lowest BCUT2D eigenvalue weighted by molar-refractivity contribution is -0.161. The maximum atomic E-state index is 12.6. The zero-order valence-electron chi connectivity index (χ0n) is 35.9. The summed E-state index contributed by atoms with van der Waals surface area (Å²) in [5, 5.41) is 18.3. The molecule has 0 spiro atoms. The average molecular weight is 839 g/mol. The molecule has 1 aliphatic rings. The number of ether oxygens (including phenoxy) is 3. The Balaban J connectivity index is 2.29. The van der Waals surface area contributed by atoms with E-state index < -0.39 is 51.8 Å². The first-order valence-corrected chi connectivity index (χ1v) is 23.9. The van der Waals surface area contributed by atoms with Crippen molar-refractivity contribution in [2.75, 3.05) is 26.4 Å². The zero-order chi connectivity index (χ0) is 42.4. The largest absolute Gasteiger partial charge is 0.472 e. The van der Waals surface area contributed by atoms with E-state index in [9.17, 15) is 24.2 Å². The molecule has 0 bridgehead atoms. The summed E-state index contributed by atoms with van der Waals surface area (Å²) >= 11 is 0. The lowest BCUT2D eigenvalue weighted by Crippen LogP contribution is -2.29. The molecule has 0 aromatic heterocycles. The number of phosphoric ester groups is 1. The van der Waals surface area contributed by atoms with Crippen molar-refractivity contribution in [3.05, 3.63) is 60.8 Å². The monoisotopic (exact) mass is 839 g/mol. The van der Waals surface area contributed by atoms with E-state index in [0.717, 1.165) is 57.8 Å². The van der Waals surface area contributed by atoms with Crippen molar-refractivity contribution < 1.29 is 52.5 Å². The number of allylic oxidation sites excluding steroid dienone is 8. The first-order valence-electron chi connectivity index (χ1n) is 22.4. The zero-order valence-corrected chi connectivity index (χ0v) is 36.8. The first kappa shape index (κ1) is 53.6. The molecule has 1 fully saturated rings. The molecule has 0 saturated carbocycles. The quantitative estimate of drug-likeness (QED) is 0.0177. The minimum atomic E-state index is -4.64. The number of aliphatic hydroxyl groups excluding tert-OH is 2. The van der Waals surface area contributed by atoms with E-state index in [1.54, 1.807) is 0 Å². The maximum Gasteiger partial charge on any atom is 0.472 e. The molecule has 11 nitrogen and oxygen atoms in total. The third-order valence-corrected chi connectivity index (χ3v) is 10.6. The second kappa shape index (κ2) is 37.6. The molecule has 0 aliphatic carbocycles. The molecule has 0 amide bonds. The number of carbonyl (C=O) groups excluding carboxylic acids is 2. The fraction of sp³-hybridized carbons (Fsp3) is 0.739. The van der Waals surface area contributed by atoms with Crippen LogP contribution >= 0.6 is 7.82 Å². The first-order chi connectivity index (χ1) is 28.2. The number of unbranched alkanes of at least 4 members (excludes halogenated alkanes) is 14. The number of rotatable bonds is 40. The Morgan fingerprint density at radius 2 is 1.10 bits per heavy atom. The van der Waals surface area contributed by atoms with E-state index in [0.29, 0.717) is 25.0 Å². The number of phosphoric acid groups is 1. The molecule has 58 heavy (non-hydrogen) atoms. The molecule has 3 unspecified atom stereocenters. The van der Waals surface area contributed by atoms with Crippen LogP contribution in [0.2, 0.25) is 0 Å². The number of aliphatic hydroxyl groups is 2. The highest BCUT2D eigenvalue weighted by molar-refractivity contribution is 7.47. The smallest absolute Gasteiger partial charge is 0.462 e. The Hall–Kier alpha value is -2.37. The van der Waals surface area contributed by atoms with E-state index in [1.807, 2.05) is 12.2 Å². The summed E-state index contributed by atoms with van der Waals surface area (Å²) in [6, 6.07) is 0. The Morgan fingerprint density at radius 1 is 0.621 bits per heavy atom. The third-order valence-electron chi connectivity index (χ3n) is 9.60. The molecule has 0 aromatic carbocycles. The van der Waals surface area contributed by atoms with Crippen molar-refractivity contribution in [1.82, 2.24) is 0 Å². The van der Waals surface area contributed by atoms with Gasteiger partial charge in [0, 0.05) is 12.8 Å². The van der Waals surface area contributed by atoms with E-state index in [2.05, 4.69) is 67.0 Å². The molecule has 5 atom stereocenters. The summed E-state index contributed by atoms with van der Waals surface area (Å²) in [5.41, 5.74) is 0. The summed E-state index contributed by atoms with van der Waals surface area (Å²) in [6.45, 7) is 2.17. The topological polar surface area (TPSA) is 161 Å². The summed E-state index contributed by atoms with van der Waals surface area (Å²) in [7, 11) is -4.64. The van der Waals surface area contributed by atoms with E-state index >= 15 is 0 Å². The normalized spacial score (nSPS) is 17.9. The number of hydrogen-bond donors (Lipinski definition) is 3. The van der Waals surface area contributed by atoms with Crippen LogP contribution in [0, 0.1) is 0 Å². The van der Waals surface area contributed by atoms with Gasteiger partial charge in [-0.1, -0.05) is 164 Å². The molecular formula is C46H79O11P. The van der Waals surface area contributed by atoms with Crippen LogP contribution in [-0.4, -0.2) is 77.9 Å². The van der Waals surface area contributed by atoms with Crippen LogP contribution in [0.1, 0.15) is 168 Å². The van der Waals surface area contributed by atoms with Gasteiger partial charge in [-0.3, -0.25) is 18.6 Å². The molecular weight excluding hydrogens is 759 g/mol. The minimum Gasteiger partial charge on any atom is -0.462 e.